The first-order valence-corrected chi connectivity index (χ1v) is 7.12. The lowest BCUT2D eigenvalue weighted by Gasteiger charge is -2.26. The maximum absolute atomic E-state index is 9.59. The third kappa shape index (κ3) is 2.35. The van der Waals surface area contributed by atoms with Crippen molar-refractivity contribution in [1.29, 1.82) is 5.26 Å². The van der Waals surface area contributed by atoms with Crippen molar-refractivity contribution >= 4 is 23.2 Å². The van der Waals surface area contributed by atoms with Gasteiger partial charge < -0.3 is 15.6 Å². The summed E-state index contributed by atoms with van der Waals surface area (Å²) in [7, 11) is 0. The van der Waals surface area contributed by atoms with E-state index in [0.717, 1.165) is 11.1 Å². The smallest absolute Gasteiger partial charge is 0.205 e. The molecule has 0 spiro atoms. The molecular formula is C16H10Cl2N2O2. The van der Waals surface area contributed by atoms with E-state index in [1.54, 1.807) is 24.3 Å². The van der Waals surface area contributed by atoms with E-state index in [2.05, 4.69) is 6.07 Å². The minimum absolute atomic E-state index is 0.0108. The zero-order valence-electron chi connectivity index (χ0n) is 11.2. The van der Waals surface area contributed by atoms with Crippen LogP contribution in [-0.4, -0.2) is 5.11 Å². The summed E-state index contributed by atoms with van der Waals surface area (Å²) in [6, 6.07) is 11.9. The Balaban J connectivity index is 2.23. The number of aromatic hydroxyl groups is 1. The lowest BCUT2D eigenvalue weighted by Crippen LogP contribution is -2.20. The second-order valence-electron chi connectivity index (χ2n) is 4.82. The zero-order valence-corrected chi connectivity index (χ0v) is 12.7. The molecule has 0 fully saturated rings. The molecule has 0 bridgehead atoms. The Hall–Kier alpha value is -2.35. The van der Waals surface area contributed by atoms with Gasteiger partial charge in [-0.3, -0.25) is 0 Å². The molecule has 0 unspecified atom stereocenters. The van der Waals surface area contributed by atoms with Crippen LogP contribution in [-0.2, 0) is 0 Å². The highest BCUT2D eigenvalue weighted by molar-refractivity contribution is 6.42. The Bertz CT molecular complexity index is 841. The molecule has 2 aromatic rings. The van der Waals surface area contributed by atoms with Crippen molar-refractivity contribution in [2.75, 3.05) is 0 Å². The molecule has 2 aromatic carbocycles. The van der Waals surface area contributed by atoms with Gasteiger partial charge in [0.05, 0.1) is 16.0 Å². The summed E-state index contributed by atoms with van der Waals surface area (Å²) in [6.45, 7) is 0. The second kappa shape index (κ2) is 5.45. The molecular weight excluding hydrogens is 323 g/mol. The lowest BCUT2D eigenvalue weighted by molar-refractivity contribution is 0.388. The molecule has 1 aliphatic heterocycles. The van der Waals surface area contributed by atoms with Crippen LogP contribution in [0.1, 0.15) is 17.0 Å². The molecule has 0 saturated heterocycles. The van der Waals surface area contributed by atoms with Crippen LogP contribution in [0.5, 0.6) is 11.5 Å². The number of benzene rings is 2. The average molecular weight is 333 g/mol. The highest BCUT2D eigenvalue weighted by Crippen LogP contribution is 2.44. The number of fused-ring (bicyclic) bond motifs is 1. The highest BCUT2D eigenvalue weighted by Gasteiger charge is 2.31. The minimum atomic E-state index is -0.427. The van der Waals surface area contributed by atoms with Crippen LogP contribution < -0.4 is 10.5 Å². The van der Waals surface area contributed by atoms with Crippen molar-refractivity contribution < 1.29 is 9.84 Å². The van der Waals surface area contributed by atoms with Crippen LogP contribution in [0, 0.1) is 11.3 Å². The number of phenolic OH excluding ortho intramolecular Hbond substituents is 1. The first-order valence-electron chi connectivity index (χ1n) is 6.36. The number of hydrogen-bond donors (Lipinski definition) is 2. The normalized spacial score (nSPS) is 16.7. The van der Waals surface area contributed by atoms with Gasteiger partial charge in [-0.2, -0.15) is 5.26 Å². The first kappa shape index (κ1) is 14.6. The van der Waals surface area contributed by atoms with Crippen molar-refractivity contribution in [3.8, 4) is 17.6 Å². The van der Waals surface area contributed by atoms with Crippen LogP contribution in [0.15, 0.2) is 47.9 Å². The summed E-state index contributed by atoms with van der Waals surface area (Å²) in [5, 5.41) is 19.8. The molecule has 1 atom stereocenters. The topological polar surface area (TPSA) is 79.3 Å². The van der Waals surface area contributed by atoms with Crippen LogP contribution in [0.2, 0.25) is 10.0 Å². The van der Waals surface area contributed by atoms with Crippen LogP contribution in [0.25, 0.3) is 0 Å². The fourth-order valence-electron chi connectivity index (χ4n) is 2.48. The zero-order chi connectivity index (χ0) is 15.9. The Kier molecular flexibility index (Phi) is 3.61. The molecule has 0 amide bonds. The number of ether oxygens (including phenoxy) is 1. The molecule has 1 heterocycles. The number of hydrogen-bond acceptors (Lipinski definition) is 4. The maximum Gasteiger partial charge on any atom is 0.205 e. The fraction of sp³-hybridized carbons (Fsp3) is 0.0625. The molecule has 0 saturated carbocycles. The van der Waals surface area contributed by atoms with Crippen molar-refractivity contribution in [2.45, 2.75) is 5.92 Å². The molecule has 4 nitrogen and oxygen atoms in total. The van der Waals surface area contributed by atoms with Crippen LogP contribution >= 0.6 is 23.2 Å². The predicted molar refractivity (Wildman–Crippen MR) is 83.9 cm³/mol. The van der Waals surface area contributed by atoms with Gasteiger partial charge in [0.2, 0.25) is 5.88 Å². The number of nitriles is 1. The molecule has 0 aromatic heterocycles. The van der Waals surface area contributed by atoms with Crippen molar-refractivity contribution in [1.82, 2.24) is 0 Å². The number of phenols is 1. The van der Waals surface area contributed by atoms with E-state index in [-0.39, 0.29) is 17.2 Å². The number of rotatable bonds is 1. The average Bonchev–Trinajstić information content (AvgIpc) is 2.48. The van der Waals surface area contributed by atoms with Crippen molar-refractivity contribution in [3.05, 3.63) is 69.0 Å². The van der Waals surface area contributed by atoms with E-state index in [0.29, 0.717) is 15.8 Å². The highest BCUT2D eigenvalue weighted by atomic mass is 35.5. The predicted octanol–water partition coefficient (Wildman–Crippen LogP) is 3.92. The number of nitrogens with two attached hydrogens (primary N) is 1. The van der Waals surface area contributed by atoms with E-state index in [1.807, 2.05) is 0 Å². The molecule has 0 radical (unpaired) electrons. The number of allylic oxidation sites excluding steroid dienone is 1. The van der Waals surface area contributed by atoms with Gasteiger partial charge in [0.15, 0.2) is 0 Å². The second-order valence-corrected chi connectivity index (χ2v) is 5.63. The van der Waals surface area contributed by atoms with E-state index >= 15 is 0 Å². The Morgan fingerprint density at radius 3 is 2.59 bits per heavy atom. The van der Waals surface area contributed by atoms with Crippen LogP contribution in [0.4, 0.5) is 0 Å². The van der Waals surface area contributed by atoms with Gasteiger partial charge in [-0.25, -0.2) is 0 Å². The minimum Gasteiger partial charge on any atom is -0.508 e. The Labute approximate surface area is 136 Å². The summed E-state index contributed by atoms with van der Waals surface area (Å²) in [6.07, 6.45) is 0. The van der Waals surface area contributed by atoms with Crippen molar-refractivity contribution in [2.24, 2.45) is 5.73 Å². The number of halogens is 2. The maximum atomic E-state index is 9.59. The third-order valence-electron chi connectivity index (χ3n) is 3.48. The van der Waals surface area contributed by atoms with Gasteiger partial charge >= 0.3 is 0 Å². The summed E-state index contributed by atoms with van der Waals surface area (Å²) < 4.78 is 5.44. The SMILES string of the molecule is N#CC1=C(N)Oc2cc(O)ccc2[C@H]1c1ccc(Cl)c(Cl)c1. The lowest BCUT2D eigenvalue weighted by atomic mass is 9.83. The Morgan fingerprint density at radius 2 is 1.91 bits per heavy atom. The van der Waals surface area contributed by atoms with Gasteiger partial charge in [-0.15, -0.1) is 0 Å². The summed E-state index contributed by atoms with van der Waals surface area (Å²) in [4.78, 5) is 0. The van der Waals surface area contributed by atoms with Gasteiger partial charge in [0, 0.05) is 11.6 Å². The van der Waals surface area contributed by atoms with E-state index in [9.17, 15) is 10.4 Å². The molecule has 3 N–H and O–H groups in total. The van der Waals surface area contributed by atoms with Gasteiger partial charge in [-0.05, 0) is 23.8 Å². The molecule has 6 heteroatoms. The standard InChI is InChI=1S/C16H10Cl2N2O2/c17-12-4-1-8(5-13(12)18)15-10-3-2-9(21)6-14(10)22-16(20)11(15)7-19/h1-6,15,21H,20H2/t15-/m1/s1. The monoisotopic (exact) mass is 332 g/mol. The molecule has 110 valence electrons. The van der Waals surface area contributed by atoms with Gasteiger partial charge in [0.1, 0.15) is 23.1 Å². The van der Waals surface area contributed by atoms with Crippen LogP contribution in [0.3, 0.4) is 0 Å². The number of nitrogens with zero attached hydrogens (tertiary/aromatic N) is 1. The third-order valence-corrected chi connectivity index (χ3v) is 4.22. The van der Waals surface area contributed by atoms with Gasteiger partial charge in [-0.1, -0.05) is 35.3 Å². The molecule has 3 rings (SSSR count). The van der Waals surface area contributed by atoms with E-state index in [1.165, 1.54) is 12.1 Å². The van der Waals surface area contributed by atoms with E-state index < -0.39 is 5.92 Å². The largest absolute Gasteiger partial charge is 0.508 e. The summed E-state index contributed by atoms with van der Waals surface area (Å²) in [5.74, 6) is 0.0493. The van der Waals surface area contributed by atoms with E-state index in [4.69, 9.17) is 33.7 Å². The fourth-order valence-corrected chi connectivity index (χ4v) is 2.79. The Morgan fingerprint density at radius 1 is 1.14 bits per heavy atom. The molecule has 1 aliphatic rings. The molecule has 0 aliphatic carbocycles. The van der Waals surface area contributed by atoms with Crippen molar-refractivity contribution in [3.63, 3.8) is 0 Å². The molecule has 22 heavy (non-hydrogen) atoms. The van der Waals surface area contributed by atoms with Gasteiger partial charge in [0.25, 0.3) is 0 Å². The summed E-state index contributed by atoms with van der Waals surface area (Å²) in [5.41, 5.74) is 7.62. The first-order chi connectivity index (χ1) is 10.5. The summed E-state index contributed by atoms with van der Waals surface area (Å²) >= 11 is 12.0. The quantitative estimate of drug-likeness (QED) is 0.829.